The lowest BCUT2D eigenvalue weighted by atomic mass is 9.73. The van der Waals surface area contributed by atoms with Crippen LogP contribution < -0.4 is 39.6 Å². The van der Waals surface area contributed by atoms with Gasteiger partial charge < -0.3 is 49.6 Å². The summed E-state index contributed by atoms with van der Waals surface area (Å²) in [7, 11) is 5.10. The normalized spacial score (nSPS) is 19.1. The summed E-state index contributed by atoms with van der Waals surface area (Å²) in [5, 5.41) is 42.3. The third kappa shape index (κ3) is 5.48. The molecule has 3 aromatic rings. The van der Waals surface area contributed by atoms with Crippen LogP contribution in [0, 0.1) is 0 Å². The minimum atomic E-state index is -0.885. The van der Waals surface area contributed by atoms with E-state index >= 15 is 0 Å². The number of fused-ring (bicyclic) bond motifs is 2. The Bertz CT molecular complexity index is 1560. The molecule has 6 N–H and O–H groups in total. The molecule has 0 saturated carbocycles. The molecule has 3 atom stereocenters. The zero-order valence-corrected chi connectivity index (χ0v) is 26.3. The van der Waals surface area contributed by atoms with Gasteiger partial charge in [0.05, 0.1) is 39.6 Å². The summed E-state index contributed by atoms with van der Waals surface area (Å²) in [5.74, 6) is 2.12. The highest BCUT2D eigenvalue weighted by Crippen LogP contribution is 2.57. The summed E-state index contributed by atoms with van der Waals surface area (Å²) in [4.78, 5) is 0. The first kappa shape index (κ1) is 31.1. The molecule has 45 heavy (non-hydrogen) atoms. The Morgan fingerprint density at radius 2 is 1.73 bits per heavy atom. The van der Waals surface area contributed by atoms with Crippen LogP contribution in [0.25, 0.3) is 11.1 Å². The molecule has 2 aliphatic heterocycles. The molecule has 2 heterocycles. The Morgan fingerprint density at radius 3 is 2.47 bits per heavy atom. The number of aromatic hydroxyl groups is 1. The van der Waals surface area contributed by atoms with Crippen LogP contribution in [0.15, 0.2) is 24.3 Å². The summed E-state index contributed by atoms with van der Waals surface area (Å²) in [6.45, 7) is 4.31. The number of phenols is 1. The summed E-state index contributed by atoms with van der Waals surface area (Å²) < 4.78 is 29.8. The summed E-state index contributed by atoms with van der Waals surface area (Å²) in [6, 6.07) is 7.39. The third-order valence-corrected chi connectivity index (χ3v) is 8.96. The number of hydrogen-bond donors (Lipinski definition) is 6. The molecular formula is C34H43N3O8. The van der Waals surface area contributed by atoms with E-state index < -0.39 is 12.0 Å². The maximum Gasteiger partial charge on any atom is 0.200 e. The number of rotatable bonds is 13. The maximum atomic E-state index is 12.1. The molecule has 3 aromatic carbocycles. The van der Waals surface area contributed by atoms with Gasteiger partial charge in [0, 0.05) is 65.6 Å². The number of hydrogen-bond acceptors (Lipinski definition) is 11. The molecule has 0 aromatic heterocycles. The predicted octanol–water partition coefficient (Wildman–Crippen LogP) is 3.78. The van der Waals surface area contributed by atoms with Crippen LogP contribution >= 0.6 is 0 Å². The van der Waals surface area contributed by atoms with Crippen molar-refractivity contribution in [1.29, 1.82) is 0 Å². The van der Waals surface area contributed by atoms with Crippen LogP contribution in [0.3, 0.4) is 0 Å². The molecule has 11 heteroatoms. The van der Waals surface area contributed by atoms with Gasteiger partial charge >= 0.3 is 0 Å². The van der Waals surface area contributed by atoms with Crippen molar-refractivity contribution >= 4 is 5.69 Å². The Balaban J connectivity index is 1.47. The highest BCUT2D eigenvalue weighted by Gasteiger charge is 2.41. The summed E-state index contributed by atoms with van der Waals surface area (Å²) >= 11 is 0. The van der Waals surface area contributed by atoms with Crippen molar-refractivity contribution in [1.82, 2.24) is 10.6 Å². The van der Waals surface area contributed by atoms with Crippen molar-refractivity contribution in [2.75, 3.05) is 66.2 Å². The fraction of sp³-hybridized carbons (Fsp3) is 0.471. The number of benzene rings is 3. The quantitative estimate of drug-likeness (QED) is 0.123. The van der Waals surface area contributed by atoms with Crippen LogP contribution in [0.4, 0.5) is 5.69 Å². The van der Waals surface area contributed by atoms with E-state index in [4.69, 9.17) is 23.7 Å². The van der Waals surface area contributed by atoms with E-state index in [9.17, 15) is 15.3 Å². The van der Waals surface area contributed by atoms with Crippen molar-refractivity contribution in [3.63, 3.8) is 0 Å². The number of anilines is 1. The van der Waals surface area contributed by atoms with Gasteiger partial charge in [-0.1, -0.05) is 6.92 Å². The molecule has 0 fully saturated rings. The summed E-state index contributed by atoms with van der Waals surface area (Å²) in [6.07, 6.45) is 0.971. The number of phenolic OH excluding ortho intramolecular Hbond substituents is 1. The molecule has 0 radical (unpaired) electrons. The Kier molecular flexibility index (Phi) is 9.14. The average molecular weight is 622 g/mol. The first-order valence-electron chi connectivity index (χ1n) is 15.6. The Labute approximate surface area is 263 Å². The fourth-order valence-electron chi connectivity index (χ4n) is 6.88. The van der Waals surface area contributed by atoms with E-state index in [1.54, 1.807) is 19.2 Å². The van der Waals surface area contributed by atoms with Crippen LogP contribution in [0.5, 0.6) is 34.5 Å². The lowest BCUT2D eigenvalue weighted by molar-refractivity contribution is 0.0877. The molecule has 0 amide bonds. The van der Waals surface area contributed by atoms with E-state index in [2.05, 4.69) is 16.0 Å². The minimum Gasteiger partial charge on any atom is -0.502 e. The number of aliphatic hydroxyl groups is 2. The van der Waals surface area contributed by atoms with Crippen LogP contribution in [0.2, 0.25) is 0 Å². The monoisotopic (exact) mass is 621 g/mol. The van der Waals surface area contributed by atoms with Gasteiger partial charge in [-0.25, -0.2) is 0 Å². The summed E-state index contributed by atoms with van der Waals surface area (Å²) in [5.41, 5.74) is 7.83. The molecule has 0 saturated heterocycles. The second-order valence-electron chi connectivity index (χ2n) is 11.5. The van der Waals surface area contributed by atoms with Crippen molar-refractivity contribution in [3.05, 3.63) is 52.1 Å². The van der Waals surface area contributed by atoms with Crippen molar-refractivity contribution in [3.8, 4) is 45.6 Å². The van der Waals surface area contributed by atoms with Gasteiger partial charge in [0.1, 0.15) is 24.0 Å². The fourth-order valence-corrected chi connectivity index (χ4v) is 6.88. The lowest BCUT2D eigenvalue weighted by Crippen LogP contribution is -2.32. The van der Waals surface area contributed by atoms with Gasteiger partial charge in [-0.15, -0.1) is 0 Å². The standard InChI is InChI=1S/C34H43N3O8/c1-5-36-17-45-26-14-24(41-3)19-7-8-20-29-22(37-23(15-35-2)32(26)31(19)29)13-25-30(20)33(39)21(16-44-25)18-11-27(42-4)34(40)28(12-18)43-10-6-9-38/h11-14,21,23,33,35-40H,5-10,15-17H2,1-4H3/t21-,23-,33-/m0/s1. The van der Waals surface area contributed by atoms with Crippen LogP contribution in [-0.4, -0.2) is 76.2 Å². The topological polar surface area (TPSA) is 143 Å². The molecule has 0 unspecified atom stereocenters. The van der Waals surface area contributed by atoms with Crippen LogP contribution in [-0.2, 0) is 12.8 Å². The van der Waals surface area contributed by atoms with Gasteiger partial charge in [0.2, 0.25) is 5.75 Å². The molecular weight excluding hydrogens is 578 g/mol. The molecule has 6 rings (SSSR count). The average Bonchev–Trinajstić information content (AvgIpc) is 3.05. The molecule has 1 aliphatic carbocycles. The van der Waals surface area contributed by atoms with Gasteiger partial charge in [0.15, 0.2) is 11.5 Å². The van der Waals surface area contributed by atoms with E-state index in [0.29, 0.717) is 31.9 Å². The number of likely N-dealkylation sites (N-methyl/N-ethyl adjacent to an activating group) is 1. The van der Waals surface area contributed by atoms with Gasteiger partial charge in [-0.3, -0.25) is 5.32 Å². The highest BCUT2D eigenvalue weighted by molar-refractivity contribution is 5.94. The van der Waals surface area contributed by atoms with Crippen molar-refractivity contribution < 1.29 is 39.0 Å². The van der Waals surface area contributed by atoms with Gasteiger partial charge in [0.25, 0.3) is 0 Å². The van der Waals surface area contributed by atoms with Crippen molar-refractivity contribution in [2.24, 2.45) is 0 Å². The van der Waals surface area contributed by atoms with Crippen molar-refractivity contribution in [2.45, 2.75) is 44.2 Å². The second-order valence-corrected chi connectivity index (χ2v) is 11.5. The lowest BCUT2D eigenvalue weighted by Gasteiger charge is -2.40. The first-order valence-corrected chi connectivity index (χ1v) is 15.6. The molecule has 3 aliphatic rings. The first-order chi connectivity index (χ1) is 21.9. The number of methoxy groups -OCH3 is 2. The van der Waals surface area contributed by atoms with E-state index in [1.165, 1.54) is 7.11 Å². The largest absolute Gasteiger partial charge is 0.502 e. The third-order valence-electron chi connectivity index (χ3n) is 8.96. The zero-order chi connectivity index (χ0) is 31.7. The molecule has 0 bridgehead atoms. The number of nitrogens with one attached hydrogen (secondary N) is 3. The van der Waals surface area contributed by atoms with Gasteiger partial charge in [-0.05, 0) is 55.3 Å². The number of aliphatic hydroxyl groups excluding tert-OH is 2. The predicted molar refractivity (Wildman–Crippen MR) is 170 cm³/mol. The molecule has 242 valence electrons. The minimum absolute atomic E-state index is 0.0266. The highest BCUT2D eigenvalue weighted by atomic mass is 16.5. The molecule has 11 nitrogen and oxygen atoms in total. The SMILES string of the molecule is CCNCOc1cc(OC)c2c3c1[C@H](CNC)Nc1cc4c(c(c1-3)CC2)[C@@H](O)[C@H](c1cc(OC)c(O)c(OCCCO)c1)CO4. The van der Waals surface area contributed by atoms with Crippen LogP contribution in [0.1, 0.15) is 59.2 Å². The van der Waals surface area contributed by atoms with Gasteiger partial charge in [-0.2, -0.15) is 0 Å². The maximum absolute atomic E-state index is 12.1. The number of ether oxygens (including phenoxy) is 5. The molecule has 0 spiro atoms. The Hall–Kier alpha value is -3.90. The van der Waals surface area contributed by atoms with E-state index in [1.807, 2.05) is 26.1 Å². The van der Waals surface area contributed by atoms with E-state index in [0.717, 1.165) is 69.1 Å². The zero-order valence-electron chi connectivity index (χ0n) is 26.3. The van der Waals surface area contributed by atoms with E-state index in [-0.39, 0.29) is 43.1 Å². The smallest absolute Gasteiger partial charge is 0.200 e. The Morgan fingerprint density at radius 1 is 0.956 bits per heavy atom. The second kappa shape index (κ2) is 13.2.